The van der Waals surface area contributed by atoms with E-state index < -0.39 is 0 Å². The summed E-state index contributed by atoms with van der Waals surface area (Å²) in [5, 5.41) is 3.96. The molecule has 6 heteroatoms. The van der Waals surface area contributed by atoms with Gasteiger partial charge in [0.15, 0.2) is 5.11 Å². The van der Waals surface area contributed by atoms with E-state index in [0.29, 0.717) is 12.5 Å². The highest BCUT2D eigenvalue weighted by Gasteiger charge is 2.21. The van der Waals surface area contributed by atoms with Gasteiger partial charge in [0.25, 0.3) is 0 Å². The van der Waals surface area contributed by atoms with Crippen LogP contribution in [-0.2, 0) is 11.3 Å². The maximum atomic E-state index is 13.2. The zero-order valence-corrected chi connectivity index (χ0v) is 11.3. The smallest absolute Gasteiger partial charge is 0.184 e. The third kappa shape index (κ3) is 4.92. The van der Waals surface area contributed by atoms with Crippen LogP contribution < -0.4 is 11.2 Å². The molecule has 1 aliphatic carbocycles. The summed E-state index contributed by atoms with van der Waals surface area (Å²) in [5.41, 5.74) is 9.26. The molecular formula is C13H16FN3OS. The highest BCUT2D eigenvalue weighted by atomic mass is 32.1. The average molecular weight is 281 g/mol. The van der Waals surface area contributed by atoms with Gasteiger partial charge < -0.3 is 10.5 Å². The lowest BCUT2D eigenvalue weighted by Crippen LogP contribution is -2.24. The Morgan fingerprint density at radius 3 is 3.05 bits per heavy atom. The van der Waals surface area contributed by atoms with E-state index in [-0.39, 0.29) is 10.9 Å². The van der Waals surface area contributed by atoms with Gasteiger partial charge >= 0.3 is 0 Å². The number of hydrogen-bond acceptors (Lipinski definition) is 3. The molecule has 4 nitrogen and oxygen atoms in total. The molecule has 0 aromatic heterocycles. The Bertz CT molecular complexity index is 489. The molecule has 1 fully saturated rings. The second kappa shape index (κ2) is 6.58. The largest absolute Gasteiger partial charge is 0.376 e. The quantitative estimate of drug-likeness (QED) is 0.475. The van der Waals surface area contributed by atoms with Crippen molar-refractivity contribution in [2.75, 3.05) is 6.61 Å². The molecule has 1 saturated carbocycles. The fourth-order valence-electron chi connectivity index (χ4n) is 1.61. The van der Waals surface area contributed by atoms with E-state index in [1.807, 2.05) is 0 Å². The molecular weight excluding hydrogens is 265 g/mol. The maximum absolute atomic E-state index is 13.2. The molecule has 2 rings (SSSR count). The Balaban J connectivity index is 1.98. The Labute approximate surface area is 116 Å². The predicted molar refractivity (Wildman–Crippen MR) is 76.3 cm³/mol. The van der Waals surface area contributed by atoms with Crippen molar-refractivity contribution in [3.8, 4) is 0 Å². The summed E-state index contributed by atoms with van der Waals surface area (Å²) >= 11 is 4.64. The van der Waals surface area contributed by atoms with Crippen LogP contribution in [0.4, 0.5) is 4.39 Å². The normalized spacial score (nSPS) is 14.8. The molecule has 0 heterocycles. The topological polar surface area (TPSA) is 59.6 Å². The van der Waals surface area contributed by atoms with Crippen LogP contribution in [0.3, 0.4) is 0 Å². The van der Waals surface area contributed by atoms with Crippen LogP contribution in [0.5, 0.6) is 0 Å². The highest BCUT2D eigenvalue weighted by Crippen LogP contribution is 2.29. The van der Waals surface area contributed by atoms with Crippen molar-refractivity contribution in [1.82, 2.24) is 5.43 Å². The van der Waals surface area contributed by atoms with Crippen molar-refractivity contribution in [3.63, 3.8) is 0 Å². The van der Waals surface area contributed by atoms with E-state index in [4.69, 9.17) is 10.5 Å². The number of halogens is 1. The van der Waals surface area contributed by atoms with Crippen LogP contribution in [0.25, 0.3) is 0 Å². The van der Waals surface area contributed by atoms with Gasteiger partial charge in [-0.25, -0.2) is 4.39 Å². The molecule has 102 valence electrons. The van der Waals surface area contributed by atoms with Gasteiger partial charge in [0.1, 0.15) is 5.82 Å². The minimum absolute atomic E-state index is 0.0879. The lowest BCUT2D eigenvalue weighted by molar-refractivity contribution is 0.111. The molecule has 0 saturated heterocycles. The fourth-order valence-corrected chi connectivity index (χ4v) is 1.66. The van der Waals surface area contributed by atoms with Crippen molar-refractivity contribution in [1.29, 1.82) is 0 Å². The van der Waals surface area contributed by atoms with Crippen molar-refractivity contribution < 1.29 is 9.13 Å². The zero-order valence-electron chi connectivity index (χ0n) is 10.4. The van der Waals surface area contributed by atoms with Crippen LogP contribution >= 0.6 is 12.2 Å². The van der Waals surface area contributed by atoms with Crippen molar-refractivity contribution in [2.45, 2.75) is 19.4 Å². The summed E-state index contributed by atoms with van der Waals surface area (Å²) in [7, 11) is 0. The summed E-state index contributed by atoms with van der Waals surface area (Å²) in [5.74, 6) is 0.395. The minimum Gasteiger partial charge on any atom is -0.376 e. The third-order valence-corrected chi connectivity index (χ3v) is 2.88. The van der Waals surface area contributed by atoms with Gasteiger partial charge in [-0.2, -0.15) is 5.10 Å². The Hall–Kier alpha value is -1.53. The van der Waals surface area contributed by atoms with Gasteiger partial charge in [0, 0.05) is 12.2 Å². The molecule has 0 atom stereocenters. The lowest BCUT2D eigenvalue weighted by Gasteiger charge is -2.07. The summed E-state index contributed by atoms with van der Waals surface area (Å²) in [4.78, 5) is 0. The van der Waals surface area contributed by atoms with E-state index in [0.717, 1.165) is 17.7 Å². The lowest BCUT2D eigenvalue weighted by atomic mass is 10.1. The summed E-state index contributed by atoms with van der Waals surface area (Å²) in [6, 6.07) is 4.48. The number of ether oxygens (including phenoxy) is 1. The summed E-state index contributed by atoms with van der Waals surface area (Å²) in [6.07, 6.45) is 4.01. The SMILES string of the molecule is NC(=S)NN=Cc1ccc(F)cc1COCC1CC1. The highest BCUT2D eigenvalue weighted by molar-refractivity contribution is 7.80. The first-order valence-corrected chi connectivity index (χ1v) is 6.50. The number of thiocarbonyl (C=S) groups is 1. The molecule has 0 bridgehead atoms. The van der Waals surface area contributed by atoms with Gasteiger partial charge in [-0.05, 0) is 48.7 Å². The van der Waals surface area contributed by atoms with Crippen LogP contribution in [0, 0.1) is 11.7 Å². The van der Waals surface area contributed by atoms with Gasteiger partial charge in [0.2, 0.25) is 0 Å². The van der Waals surface area contributed by atoms with E-state index in [9.17, 15) is 4.39 Å². The van der Waals surface area contributed by atoms with Crippen molar-refractivity contribution in [3.05, 3.63) is 35.1 Å². The molecule has 1 aliphatic rings. The minimum atomic E-state index is -0.288. The van der Waals surface area contributed by atoms with Gasteiger partial charge in [-0.1, -0.05) is 6.07 Å². The summed E-state index contributed by atoms with van der Waals surface area (Å²) < 4.78 is 18.8. The van der Waals surface area contributed by atoms with E-state index in [1.165, 1.54) is 25.0 Å². The Morgan fingerprint density at radius 1 is 1.58 bits per heavy atom. The van der Waals surface area contributed by atoms with Crippen LogP contribution in [0.15, 0.2) is 23.3 Å². The monoisotopic (exact) mass is 281 g/mol. The number of rotatable bonds is 6. The number of benzene rings is 1. The molecule has 3 N–H and O–H groups in total. The molecule has 0 aliphatic heterocycles. The second-order valence-electron chi connectivity index (χ2n) is 4.54. The molecule has 0 amide bonds. The third-order valence-electron chi connectivity index (χ3n) is 2.79. The number of nitrogens with zero attached hydrogens (tertiary/aromatic N) is 1. The molecule has 0 radical (unpaired) electrons. The Kier molecular flexibility index (Phi) is 4.81. The van der Waals surface area contributed by atoms with E-state index in [1.54, 1.807) is 12.3 Å². The van der Waals surface area contributed by atoms with Gasteiger partial charge in [-0.15, -0.1) is 0 Å². The molecule has 0 unspecified atom stereocenters. The number of hydrazone groups is 1. The first-order valence-electron chi connectivity index (χ1n) is 6.10. The first kappa shape index (κ1) is 13.9. The van der Waals surface area contributed by atoms with Gasteiger partial charge in [-0.3, -0.25) is 5.43 Å². The van der Waals surface area contributed by atoms with Crippen LogP contribution in [0.2, 0.25) is 0 Å². The van der Waals surface area contributed by atoms with Crippen LogP contribution in [-0.4, -0.2) is 17.9 Å². The molecule has 1 aromatic carbocycles. The summed E-state index contributed by atoms with van der Waals surface area (Å²) in [6.45, 7) is 1.11. The fraction of sp³-hybridized carbons (Fsp3) is 0.385. The van der Waals surface area contributed by atoms with Crippen LogP contribution in [0.1, 0.15) is 24.0 Å². The molecule has 1 aromatic rings. The Morgan fingerprint density at radius 2 is 2.37 bits per heavy atom. The van der Waals surface area contributed by atoms with E-state index in [2.05, 4.69) is 22.7 Å². The predicted octanol–water partition coefficient (Wildman–Crippen LogP) is 1.92. The number of nitrogens with one attached hydrogen (secondary N) is 1. The number of hydrogen-bond donors (Lipinski definition) is 2. The zero-order chi connectivity index (χ0) is 13.7. The van der Waals surface area contributed by atoms with Crippen molar-refractivity contribution >= 4 is 23.5 Å². The van der Waals surface area contributed by atoms with E-state index >= 15 is 0 Å². The molecule has 0 spiro atoms. The first-order chi connectivity index (χ1) is 9.15. The molecule has 19 heavy (non-hydrogen) atoms. The number of nitrogens with two attached hydrogens (primary N) is 1. The second-order valence-corrected chi connectivity index (χ2v) is 4.98. The standard InChI is InChI=1S/C13H16FN3OS/c14-12-4-3-10(6-16-17-13(15)19)11(5-12)8-18-7-9-1-2-9/h3-6,9H,1-2,7-8H2,(H3,15,17,19). The van der Waals surface area contributed by atoms with Gasteiger partial charge in [0.05, 0.1) is 12.8 Å². The maximum Gasteiger partial charge on any atom is 0.184 e. The average Bonchev–Trinajstić information content (AvgIpc) is 3.15. The van der Waals surface area contributed by atoms with Crippen molar-refractivity contribution in [2.24, 2.45) is 16.8 Å².